The van der Waals surface area contributed by atoms with Gasteiger partial charge in [-0.05, 0) is 30.3 Å². The van der Waals surface area contributed by atoms with Gasteiger partial charge < -0.3 is 10.4 Å². The van der Waals surface area contributed by atoms with Crippen LogP contribution in [0.3, 0.4) is 0 Å². The summed E-state index contributed by atoms with van der Waals surface area (Å²) in [7, 11) is 0. The van der Waals surface area contributed by atoms with E-state index in [1.165, 1.54) is 0 Å². The summed E-state index contributed by atoms with van der Waals surface area (Å²) in [5.41, 5.74) is 4.24. The Hall–Kier alpha value is -1.30. The van der Waals surface area contributed by atoms with E-state index in [1.54, 1.807) is 29.0 Å². The molecule has 0 bridgehead atoms. The smallest absolute Gasteiger partial charge is 0.120 e. The van der Waals surface area contributed by atoms with Gasteiger partial charge in [0.05, 0.1) is 20.9 Å². The van der Waals surface area contributed by atoms with Crippen molar-refractivity contribution in [3.63, 3.8) is 0 Å². The molecule has 0 spiro atoms. The van der Waals surface area contributed by atoms with Crippen molar-refractivity contribution in [1.82, 2.24) is 4.98 Å². The fourth-order valence-electron chi connectivity index (χ4n) is 1.95. The third-order valence-corrected chi connectivity index (χ3v) is 4.55. The predicted molar refractivity (Wildman–Crippen MR) is 87.8 cm³/mol. The normalized spacial score (nSPS) is 10.9. The second-order valence-electron chi connectivity index (χ2n) is 4.25. The molecule has 0 saturated carbocycles. The molecule has 6 heteroatoms. The number of phenols is 1. The van der Waals surface area contributed by atoms with Crippen LogP contribution in [-0.4, -0.2) is 10.1 Å². The molecule has 2 aromatic carbocycles. The van der Waals surface area contributed by atoms with Crippen LogP contribution < -0.4 is 5.32 Å². The third kappa shape index (κ3) is 2.61. The minimum absolute atomic E-state index is 0.252. The van der Waals surface area contributed by atoms with Gasteiger partial charge in [0.25, 0.3) is 0 Å². The van der Waals surface area contributed by atoms with Gasteiger partial charge in [-0.25, -0.2) is 4.98 Å². The molecular weight excluding hydrogens is 360 g/mol. The first-order valence-corrected chi connectivity index (χ1v) is 7.93. The zero-order chi connectivity index (χ0) is 14.1. The number of hydrogen-bond donors (Lipinski definition) is 2. The first kappa shape index (κ1) is 13.7. The number of hydrogen-bond acceptors (Lipinski definition) is 4. The summed E-state index contributed by atoms with van der Waals surface area (Å²) < 4.78 is 2.00. The molecule has 2 N–H and O–H groups in total. The SMILES string of the molecule is Oc1ccc(Br)cc1CNc1c(Cl)ccc2scnc12. The topological polar surface area (TPSA) is 45.1 Å². The standard InChI is InChI=1S/C14H10BrClN2OS/c15-9-1-3-11(19)8(5-9)6-17-13-10(16)2-4-12-14(13)18-7-20-12/h1-5,7,17,19H,6H2. The zero-order valence-corrected chi connectivity index (χ0v) is 13.4. The third-order valence-electron chi connectivity index (χ3n) is 2.95. The second kappa shape index (κ2) is 5.60. The Balaban J connectivity index is 1.92. The molecule has 0 atom stereocenters. The number of nitrogens with one attached hydrogen (secondary N) is 1. The maximum absolute atomic E-state index is 9.85. The van der Waals surface area contributed by atoms with Crippen LogP contribution in [0.15, 0.2) is 40.3 Å². The first-order valence-electron chi connectivity index (χ1n) is 5.88. The number of fused-ring (bicyclic) bond motifs is 1. The van der Waals surface area contributed by atoms with E-state index in [4.69, 9.17) is 11.6 Å². The van der Waals surface area contributed by atoms with E-state index in [-0.39, 0.29) is 5.75 Å². The molecule has 0 aliphatic rings. The molecular formula is C14H10BrClN2OS. The van der Waals surface area contributed by atoms with E-state index in [0.717, 1.165) is 25.9 Å². The number of benzene rings is 2. The number of halogens is 2. The molecule has 0 unspecified atom stereocenters. The molecule has 0 aliphatic carbocycles. The molecule has 0 fully saturated rings. The molecule has 3 nitrogen and oxygen atoms in total. The number of thiazole rings is 1. The summed E-state index contributed by atoms with van der Waals surface area (Å²) in [6, 6.07) is 9.14. The van der Waals surface area contributed by atoms with E-state index in [2.05, 4.69) is 26.2 Å². The van der Waals surface area contributed by atoms with E-state index >= 15 is 0 Å². The molecule has 0 radical (unpaired) electrons. The minimum Gasteiger partial charge on any atom is -0.508 e. The average Bonchev–Trinajstić information content (AvgIpc) is 2.90. The fraction of sp³-hybridized carbons (Fsp3) is 0.0714. The number of aromatic nitrogens is 1. The minimum atomic E-state index is 0.252. The summed E-state index contributed by atoms with van der Waals surface area (Å²) in [4.78, 5) is 4.33. The lowest BCUT2D eigenvalue weighted by atomic mass is 10.2. The zero-order valence-electron chi connectivity index (χ0n) is 10.2. The van der Waals surface area contributed by atoms with Gasteiger partial charge in [0, 0.05) is 16.6 Å². The highest BCUT2D eigenvalue weighted by Crippen LogP contribution is 2.33. The second-order valence-corrected chi connectivity index (χ2v) is 6.46. The number of rotatable bonds is 3. The molecule has 1 aromatic heterocycles. The Morgan fingerprint density at radius 2 is 2.15 bits per heavy atom. The van der Waals surface area contributed by atoms with Gasteiger partial charge in [-0.1, -0.05) is 27.5 Å². The first-order chi connectivity index (χ1) is 9.65. The van der Waals surface area contributed by atoms with Crippen LogP contribution in [0.4, 0.5) is 5.69 Å². The maximum Gasteiger partial charge on any atom is 0.120 e. The van der Waals surface area contributed by atoms with Crippen LogP contribution in [-0.2, 0) is 6.54 Å². The quantitative estimate of drug-likeness (QED) is 0.680. The maximum atomic E-state index is 9.85. The van der Waals surface area contributed by atoms with Crippen molar-refractivity contribution in [3.8, 4) is 5.75 Å². The van der Waals surface area contributed by atoms with Crippen molar-refractivity contribution >= 4 is 54.8 Å². The van der Waals surface area contributed by atoms with Crippen molar-refractivity contribution in [3.05, 3.63) is 50.9 Å². The molecule has 0 amide bonds. The highest BCUT2D eigenvalue weighted by atomic mass is 79.9. The Morgan fingerprint density at radius 3 is 3.00 bits per heavy atom. The monoisotopic (exact) mass is 368 g/mol. The molecule has 3 rings (SSSR count). The van der Waals surface area contributed by atoms with Crippen LogP contribution in [0.5, 0.6) is 5.75 Å². The van der Waals surface area contributed by atoms with Crippen LogP contribution in [0, 0.1) is 0 Å². The number of anilines is 1. The van der Waals surface area contributed by atoms with Gasteiger partial charge >= 0.3 is 0 Å². The molecule has 1 heterocycles. The largest absolute Gasteiger partial charge is 0.508 e. The van der Waals surface area contributed by atoms with Crippen molar-refractivity contribution in [2.45, 2.75) is 6.54 Å². The van der Waals surface area contributed by atoms with Crippen molar-refractivity contribution < 1.29 is 5.11 Å². The summed E-state index contributed by atoms with van der Waals surface area (Å²) in [6.45, 7) is 0.474. The Labute approximate surface area is 133 Å². The van der Waals surface area contributed by atoms with Crippen LogP contribution in [0.2, 0.25) is 5.02 Å². The molecule has 0 aliphatic heterocycles. The Bertz CT molecular complexity index is 775. The van der Waals surface area contributed by atoms with E-state index in [1.807, 2.05) is 18.2 Å². The fourth-order valence-corrected chi connectivity index (χ4v) is 3.27. The van der Waals surface area contributed by atoms with Gasteiger partial charge in [0.1, 0.15) is 11.3 Å². The molecule has 102 valence electrons. The average molecular weight is 370 g/mol. The van der Waals surface area contributed by atoms with Crippen molar-refractivity contribution in [2.24, 2.45) is 0 Å². The van der Waals surface area contributed by atoms with Gasteiger partial charge in [0.2, 0.25) is 0 Å². The lowest BCUT2D eigenvalue weighted by Crippen LogP contribution is -2.01. The van der Waals surface area contributed by atoms with Crippen molar-refractivity contribution in [2.75, 3.05) is 5.32 Å². The van der Waals surface area contributed by atoms with Gasteiger partial charge in [-0.3, -0.25) is 0 Å². The number of aromatic hydroxyl groups is 1. The Morgan fingerprint density at radius 1 is 1.30 bits per heavy atom. The van der Waals surface area contributed by atoms with Crippen LogP contribution in [0.1, 0.15) is 5.56 Å². The van der Waals surface area contributed by atoms with E-state index < -0.39 is 0 Å². The van der Waals surface area contributed by atoms with Gasteiger partial charge in [-0.2, -0.15) is 0 Å². The summed E-state index contributed by atoms with van der Waals surface area (Å²) in [5.74, 6) is 0.252. The summed E-state index contributed by atoms with van der Waals surface area (Å²) in [6.07, 6.45) is 0. The summed E-state index contributed by atoms with van der Waals surface area (Å²) >= 11 is 11.2. The molecule has 20 heavy (non-hydrogen) atoms. The lowest BCUT2D eigenvalue weighted by Gasteiger charge is -2.10. The van der Waals surface area contributed by atoms with Gasteiger partial charge in [0.15, 0.2) is 0 Å². The van der Waals surface area contributed by atoms with E-state index in [9.17, 15) is 5.11 Å². The highest BCUT2D eigenvalue weighted by Gasteiger charge is 2.09. The Kier molecular flexibility index (Phi) is 3.83. The number of nitrogens with zero attached hydrogens (tertiary/aromatic N) is 1. The van der Waals surface area contributed by atoms with Crippen LogP contribution in [0.25, 0.3) is 10.2 Å². The van der Waals surface area contributed by atoms with Crippen molar-refractivity contribution in [1.29, 1.82) is 0 Å². The summed E-state index contributed by atoms with van der Waals surface area (Å²) in [5, 5.41) is 13.7. The van der Waals surface area contributed by atoms with E-state index in [0.29, 0.717) is 11.6 Å². The highest BCUT2D eigenvalue weighted by molar-refractivity contribution is 9.10. The predicted octanol–water partition coefficient (Wildman–Crippen LogP) is 5.03. The molecule has 0 saturated heterocycles. The molecule has 3 aromatic rings. The number of phenolic OH excluding ortho intramolecular Hbond substituents is 1. The van der Waals surface area contributed by atoms with Crippen LogP contribution >= 0.6 is 38.9 Å². The lowest BCUT2D eigenvalue weighted by molar-refractivity contribution is 0.469. The van der Waals surface area contributed by atoms with Gasteiger partial charge in [-0.15, -0.1) is 11.3 Å².